The largest absolute Gasteiger partial charge is 0.489 e. The number of benzene rings is 7. The molecule has 0 spiro atoms. The van der Waals surface area contributed by atoms with Crippen LogP contribution in [0.25, 0.3) is 0 Å². The molecule has 7 aromatic rings. The van der Waals surface area contributed by atoms with E-state index in [4.69, 9.17) is 23.7 Å². The third kappa shape index (κ3) is 22.9. The van der Waals surface area contributed by atoms with E-state index in [1.165, 1.54) is 14.7 Å². The normalized spacial score (nSPS) is 19.2. The molecule has 0 bridgehead atoms. The lowest BCUT2D eigenvalue weighted by Crippen LogP contribution is -2.48. The number of aryl methyl sites for hydroxylation is 3. The molecule has 0 unspecified atom stereocenters. The SMILES string of the molecule is Cc1ccc(S(=O)(=O)C[C@H]2CC[C@@H](C=O)N2C(=O)OC(C)(C)C)cc1.Cc1ccc(S(=O)(=O)C[C@H]2CC[C@@H]([C@@H](O)c3cccc(OCc4ccccc4)c3)N2C(=O)OC(C)(C)C)cc1.Cc1ccc(S(=O)(=O)C[C@H]2CC[C@@H]([C@H](O)c3cccc(OCc4ccccc4)c3)N2C(=O)OC(C)(C)C)cc1. The predicted molar refractivity (Wildman–Crippen MR) is 395 cm³/mol. The fourth-order valence-corrected chi connectivity index (χ4v) is 17.3. The Morgan fingerprint density at radius 2 is 0.718 bits per heavy atom. The van der Waals surface area contributed by atoms with Crippen molar-refractivity contribution >= 4 is 54.1 Å². The molecular weight excluding hydrogens is 1370 g/mol. The molecule has 554 valence electrons. The van der Waals surface area contributed by atoms with Gasteiger partial charge in [0.1, 0.15) is 47.8 Å². The minimum Gasteiger partial charge on any atom is -0.489 e. The van der Waals surface area contributed by atoms with Gasteiger partial charge in [-0.25, -0.2) is 39.6 Å². The zero-order chi connectivity index (χ0) is 75.2. The Bertz CT molecular complexity index is 4120. The third-order valence-corrected chi connectivity index (χ3v) is 23.1. The highest BCUT2D eigenvalue weighted by atomic mass is 32.2. The summed E-state index contributed by atoms with van der Waals surface area (Å²) < 4.78 is 107. The molecule has 0 aromatic heterocycles. The molecular formula is C80H99N3O17S3. The van der Waals surface area contributed by atoms with Crippen LogP contribution in [0.15, 0.2) is 197 Å². The number of carbonyl (C=O) groups excluding carboxylic acids is 4. The van der Waals surface area contributed by atoms with Gasteiger partial charge >= 0.3 is 18.3 Å². The highest BCUT2D eigenvalue weighted by molar-refractivity contribution is 7.92. The van der Waals surface area contributed by atoms with Gasteiger partial charge in [-0.2, -0.15) is 0 Å². The van der Waals surface area contributed by atoms with E-state index in [2.05, 4.69) is 0 Å². The second-order valence-electron chi connectivity index (χ2n) is 29.6. The van der Waals surface area contributed by atoms with Crippen LogP contribution >= 0.6 is 0 Å². The summed E-state index contributed by atoms with van der Waals surface area (Å²) in [6.45, 7) is 22.2. The average Bonchev–Trinajstić information content (AvgIpc) is 1.68. The maximum absolute atomic E-state index is 13.4. The van der Waals surface area contributed by atoms with Crippen molar-refractivity contribution in [2.45, 2.75) is 215 Å². The maximum atomic E-state index is 13.4. The number of ether oxygens (including phenoxy) is 5. The summed E-state index contributed by atoms with van der Waals surface area (Å²) in [5, 5.41) is 22.9. The van der Waals surface area contributed by atoms with Gasteiger partial charge in [-0.15, -0.1) is 0 Å². The number of likely N-dealkylation sites (tertiary alicyclic amines) is 3. The number of aldehydes is 1. The molecule has 2 N–H and O–H groups in total. The van der Waals surface area contributed by atoms with Gasteiger partial charge in [-0.1, -0.05) is 138 Å². The number of amides is 3. The zero-order valence-corrected chi connectivity index (χ0v) is 63.3. The van der Waals surface area contributed by atoms with Crippen LogP contribution in [-0.2, 0) is 61.7 Å². The first kappa shape index (κ1) is 80.1. The predicted octanol–water partition coefficient (Wildman–Crippen LogP) is 14.4. The van der Waals surface area contributed by atoms with Crippen LogP contribution in [-0.4, -0.2) is 145 Å². The number of carbonyl (C=O) groups is 4. The van der Waals surface area contributed by atoms with Gasteiger partial charge in [0.2, 0.25) is 0 Å². The Hall–Kier alpha value is -8.61. The third-order valence-electron chi connectivity index (χ3n) is 17.6. The summed E-state index contributed by atoms with van der Waals surface area (Å²) in [7, 11) is -10.9. The molecule has 0 radical (unpaired) electrons. The number of hydrogen-bond acceptors (Lipinski definition) is 17. The number of rotatable bonds is 20. The van der Waals surface area contributed by atoms with E-state index in [1.807, 2.05) is 93.6 Å². The average molecular weight is 1470 g/mol. The smallest absolute Gasteiger partial charge is 0.411 e. The fourth-order valence-electron chi connectivity index (χ4n) is 12.6. The van der Waals surface area contributed by atoms with Gasteiger partial charge in [0, 0.05) is 12.1 Å². The Morgan fingerprint density at radius 3 is 1.03 bits per heavy atom. The van der Waals surface area contributed by atoms with Gasteiger partial charge < -0.3 is 38.7 Å². The molecule has 3 fully saturated rings. The number of sulfone groups is 3. The number of aliphatic hydroxyl groups excluding tert-OH is 2. The van der Waals surface area contributed by atoms with Crippen molar-refractivity contribution in [1.82, 2.24) is 14.7 Å². The number of hydrogen-bond donors (Lipinski definition) is 2. The van der Waals surface area contributed by atoms with E-state index in [9.17, 15) is 54.6 Å². The van der Waals surface area contributed by atoms with Crippen molar-refractivity contribution in [1.29, 1.82) is 0 Å². The summed E-state index contributed by atoms with van der Waals surface area (Å²) in [6.07, 6.45) is -0.720. The lowest BCUT2D eigenvalue weighted by Gasteiger charge is -2.34. The lowest BCUT2D eigenvalue weighted by molar-refractivity contribution is -0.112. The molecule has 7 aromatic carbocycles. The summed E-state index contributed by atoms with van der Waals surface area (Å²) in [6, 6.07) is 50.1. The Balaban J connectivity index is 0.000000201. The highest BCUT2D eigenvalue weighted by Crippen LogP contribution is 2.39. The molecule has 103 heavy (non-hydrogen) atoms. The second-order valence-corrected chi connectivity index (χ2v) is 35.7. The molecule has 3 amide bonds. The Labute approximate surface area is 608 Å². The molecule has 10 rings (SSSR count). The highest BCUT2D eigenvalue weighted by Gasteiger charge is 2.47. The van der Waals surface area contributed by atoms with E-state index in [1.54, 1.807) is 172 Å². The van der Waals surface area contributed by atoms with Gasteiger partial charge in [0.05, 0.1) is 68.3 Å². The van der Waals surface area contributed by atoms with E-state index in [0.717, 1.165) is 27.8 Å². The Kier molecular flexibility index (Phi) is 26.7. The van der Waals surface area contributed by atoms with Crippen molar-refractivity contribution in [3.8, 4) is 11.5 Å². The second kappa shape index (κ2) is 34.3. The molecule has 3 aliphatic heterocycles. The van der Waals surface area contributed by atoms with Crippen molar-refractivity contribution in [2.24, 2.45) is 0 Å². The van der Waals surface area contributed by atoms with E-state index >= 15 is 0 Å². The summed E-state index contributed by atoms with van der Waals surface area (Å²) in [5.74, 6) is 0.461. The lowest BCUT2D eigenvalue weighted by atomic mass is 10.00. The molecule has 3 saturated heterocycles. The van der Waals surface area contributed by atoms with Gasteiger partial charge in [-0.05, 0) is 205 Å². The molecule has 20 nitrogen and oxygen atoms in total. The van der Waals surface area contributed by atoms with Crippen molar-refractivity contribution in [3.05, 3.63) is 221 Å². The van der Waals surface area contributed by atoms with E-state index < -0.39 is 113 Å². The minimum atomic E-state index is -3.68. The standard InChI is InChI=1S/2C31H37NO6S.C18H25NO5S/c2*1-22-13-16-27(17-14-22)39(35,36)21-25-15-18-28(32(25)30(34)38-31(2,3)4)29(33)24-11-8-12-26(19-24)37-20-23-9-6-5-7-10-23;1-13-5-9-16(10-6-13)25(22,23)12-15-8-7-14(11-20)19(15)17(21)24-18(2,3)4/h2*5-14,16-17,19,25,28-29,33H,15,18,20-21H2,1-4H3;5-6,9-11,14-15H,7-8,12H2,1-4H3/t25-,28+,29+;25-,28+,29-;14-,15+/m110/s1. The van der Waals surface area contributed by atoms with Gasteiger partial charge in [0.15, 0.2) is 29.5 Å². The summed E-state index contributed by atoms with van der Waals surface area (Å²) in [4.78, 5) is 55.3. The van der Waals surface area contributed by atoms with Crippen molar-refractivity contribution < 1.29 is 78.3 Å². The molecule has 3 heterocycles. The molecule has 23 heteroatoms. The first-order chi connectivity index (χ1) is 48.4. The van der Waals surface area contributed by atoms with Crippen molar-refractivity contribution in [2.75, 3.05) is 17.3 Å². The summed E-state index contributed by atoms with van der Waals surface area (Å²) >= 11 is 0. The van der Waals surface area contributed by atoms with Crippen molar-refractivity contribution in [3.63, 3.8) is 0 Å². The maximum Gasteiger partial charge on any atom is 0.411 e. The van der Waals surface area contributed by atoms with E-state index in [0.29, 0.717) is 80.7 Å². The summed E-state index contributed by atoms with van der Waals surface area (Å²) in [5.41, 5.74) is 3.83. The van der Waals surface area contributed by atoms with E-state index in [-0.39, 0.29) is 31.9 Å². The van der Waals surface area contributed by atoms with Crippen LogP contribution < -0.4 is 9.47 Å². The van der Waals surface area contributed by atoms with Gasteiger partial charge in [0.25, 0.3) is 0 Å². The monoisotopic (exact) mass is 1470 g/mol. The molecule has 0 aliphatic carbocycles. The van der Waals surface area contributed by atoms with Crippen LogP contribution in [0.5, 0.6) is 11.5 Å². The fraction of sp³-hybridized carbons (Fsp3) is 0.425. The number of nitrogens with zero attached hydrogens (tertiary/aromatic N) is 3. The quantitative estimate of drug-likeness (QED) is 0.0530. The Morgan fingerprint density at radius 1 is 0.417 bits per heavy atom. The van der Waals surface area contributed by atoms with Crippen LogP contribution in [0.2, 0.25) is 0 Å². The molecule has 3 aliphatic rings. The van der Waals surface area contributed by atoms with Crippen LogP contribution in [0, 0.1) is 20.8 Å². The topological polar surface area (TPSA) is 267 Å². The number of aliphatic hydroxyl groups is 2. The first-order valence-corrected chi connectivity index (χ1v) is 39.6. The molecule has 0 saturated carbocycles. The first-order valence-electron chi connectivity index (χ1n) is 34.7. The minimum absolute atomic E-state index is 0.213. The van der Waals surface area contributed by atoms with Crippen LogP contribution in [0.4, 0.5) is 14.4 Å². The zero-order valence-electron chi connectivity index (χ0n) is 60.9. The van der Waals surface area contributed by atoms with Crippen LogP contribution in [0.1, 0.15) is 152 Å². The van der Waals surface area contributed by atoms with Gasteiger partial charge in [-0.3, -0.25) is 14.7 Å². The molecule has 8 atom stereocenters. The van der Waals surface area contributed by atoms with Crippen LogP contribution in [0.3, 0.4) is 0 Å².